The minimum absolute atomic E-state index is 0.0979. The van der Waals surface area contributed by atoms with E-state index in [1.54, 1.807) is 54.6 Å². The molecule has 0 spiro atoms. The molecule has 1 aromatic heterocycles. The molecule has 0 amide bonds. The summed E-state index contributed by atoms with van der Waals surface area (Å²) < 4.78 is 61.9. The van der Waals surface area contributed by atoms with Crippen LogP contribution in [0.4, 0.5) is 5.82 Å². The quantitative estimate of drug-likeness (QED) is 0.383. The van der Waals surface area contributed by atoms with Gasteiger partial charge in [-0.05, 0) is 48.9 Å². The Hall–Kier alpha value is -3.38. The van der Waals surface area contributed by atoms with Crippen molar-refractivity contribution >= 4 is 36.9 Å². The SMILES string of the molecule is Cc1ccc(S(=O)(=O)Nc2nc3ccccc3nc2Cc2cccc(S(=O)(=O)N3CCOCC3)c2)cc1. The van der Waals surface area contributed by atoms with E-state index in [0.29, 0.717) is 48.6 Å². The predicted molar refractivity (Wildman–Crippen MR) is 140 cm³/mol. The van der Waals surface area contributed by atoms with Gasteiger partial charge in [0.05, 0.1) is 39.7 Å². The van der Waals surface area contributed by atoms with E-state index < -0.39 is 20.0 Å². The van der Waals surface area contributed by atoms with Gasteiger partial charge in [-0.3, -0.25) is 4.72 Å². The minimum atomic E-state index is -3.93. The average molecular weight is 539 g/mol. The lowest BCUT2D eigenvalue weighted by atomic mass is 10.1. The van der Waals surface area contributed by atoms with Crippen molar-refractivity contribution < 1.29 is 21.6 Å². The van der Waals surface area contributed by atoms with Gasteiger partial charge >= 0.3 is 0 Å². The van der Waals surface area contributed by atoms with Gasteiger partial charge in [0.2, 0.25) is 10.0 Å². The zero-order valence-electron chi connectivity index (χ0n) is 20.2. The highest BCUT2D eigenvalue weighted by Gasteiger charge is 2.27. The van der Waals surface area contributed by atoms with Crippen molar-refractivity contribution in [1.29, 1.82) is 0 Å². The zero-order valence-corrected chi connectivity index (χ0v) is 21.8. The van der Waals surface area contributed by atoms with E-state index >= 15 is 0 Å². The maximum absolute atomic E-state index is 13.2. The van der Waals surface area contributed by atoms with Gasteiger partial charge in [-0.15, -0.1) is 0 Å². The van der Waals surface area contributed by atoms with Crippen LogP contribution in [0.15, 0.2) is 82.6 Å². The third-order valence-corrected chi connectivity index (χ3v) is 9.33. The summed E-state index contributed by atoms with van der Waals surface area (Å²) in [4.78, 5) is 9.51. The number of ether oxygens (including phenoxy) is 1. The normalized spacial score (nSPS) is 15.1. The maximum Gasteiger partial charge on any atom is 0.263 e. The van der Waals surface area contributed by atoms with Gasteiger partial charge in [0.1, 0.15) is 0 Å². The molecule has 11 heteroatoms. The number of nitrogens with one attached hydrogen (secondary N) is 1. The van der Waals surface area contributed by atoms with Gasteiger partial charge in [-0.1, -0.05) is 42.0 Å². The third kappa shape index (κ3) is 5.49. The van der Waals surface area contributed by atoms with Crippen LogP contribution in [0, 0.1) is 6.92 Å². The summed E-state index contributed by atoms with van der Waals surface area (Å²) in [6, 6.07) is 20.3. The van der Waals surface area contributed by atoms with Crippen molar-refractivity contribution in [3.63, 3.8) is 0 Å². The molecule has 3 aromatic carbocycles. The number of aryl methyl sites for hydroxylation is 1. The van der Waals surface area contributed by atoms with Crippen LogP contribution < -0.4 is 4.72 Å². The van der Waals surface area contributed by atoms with Crippen molar-refractivity contribution in [2.75, 3.05) is 31.0 Å². The molecule has 0 aliphatic carbocycles. The molecule has 0 radical (unpaired) electrons. The second-order valence-corrected chi connectivity index (χ2v) is 12.4. The van der Waals surface area contributed by atoms with Gasteiger partial charge in [0.15, 0.2) is 5.82 Å². The summed E-state index contributed by atoms with van der Waals surface area (Å²) in [6.45, 7) is 3.19. The summed E-state index contributed by atoms with van der Waals surface area (Å²) in [5, 5.41) is 0. The smallest absolute Gasteiger partial charge is 0.263 e. The molecule has 1 saturated heterocycles. The highest BCUT2D eigenvalue weighted by atomic mass is 32.2. The van der Waals surface area contributed by atoms with E-state index in [-0.39, 0.29) is 22.0 Å². The summed E-state index contributed by atoms with van der Waals surface area (Å²) in [7, 11) is -7.61. The Morgan fingerprint density at radius 3 is 2.22 bits per heavy atom. The van der Waals surface area contributed by atoms with E-state index in [2.05, 4.69) is 14.7 Å². The molecule has 9 nitrogen and oxygen atoms in total. The number of hydrogen-bond donors (Lipinski definition) is 1. The van der Waals surface area contributed by atoms with Crippen LogP contribution in [0.1, 0.15) is 16.8 Å². The topological polar surface area (TPSA) is 119 Å². The number of rotatable bonds is 7. The number of morpholine rings is 1. The van der Waals surface area contributed by atoms with Gasteiger partial charge < -0.3 is 4.74 Å². The summed E-state index contributed by atoms with van der Waals surface area (Å²) in [5.74, 6) is 0.0979. The first-order valence-electron chi connectivity index (χ1n) is 11.7. The number of fused-ring (bicyclic) bond motifs is 1. The first-order chi connectivity index (χ1) is 17.7. The van der Waals surface area contributed by atoms with Crippen LogP contribution in [0.5, 0.6) is 0 Å². The van der Waals surface area contributed by atoms with Gasteiger partial charge in [-0.2, -0.15) is 4.31 Å². The largest absolute Gasteiger partial charge is 0.379 e. The lowest BCUT2D eigenvalue weighted by Crippen LogP contribution is -2.40. The van der Waals surface area contributed by atoms with Crippen molar-refractivity contribution in [1.82, 2.24) is 14.3 Å². The number of aromatic nitrogens is 2. The standard InChI is InChI=1S/C26H26N4O5S2/c1-19-9-11-21(12-10-19)36(31,32)29-26-25(27-23-7-2-3-8-24(23)28-26)18-20-5-4-6-22(17-20)37(33,34)30-13-15-35-16-14-30/h2-12,17H,13-16,18H2,1H3,(H,28,29). The Bertz CT molecular complexity index is 1650. The molecule has 1 aliphatic rings. The van der Waals surface area contributed by atoms with Gasteiger partial charge in [0.25, 0.3) is 10.0 Å². The van der Waals surface area contributed by atoms with E-state index in [1.807, 2.05) is 13.0 Å². The van der Waals surface area contributed by atoms with E-state index in [4.69, 9.17) is 4.74 Å². The van der Waals surface area contributed by atoms with Crippen LogP contribution in [-0.4, -0.2) is 57.4 Å². The number of hydrogen-bond acceptors (Lipinski definition) is 7. The average Bonchev–Trinajstić information content (AvgIpc) is 2.90. The lowest BCUT2D eigenvalue weighted by Gasteiger charge is -2.26. The first-order valence-corrected chi connectivity index (χ1v) is 14.7. The van der Waals surface area contributed by atoms with Crippen LogP contribution in [0.2, 0.25) is 0 Å². The monoisotopic (exact) mass is 538 g/mol. The molecule has 1 fully saturated rings. The molecule has 1 N–H and O–H groups in total. The van der Waals surface area contributed by atoms with E-state index in [9.17, 15) is 16.8 Å². The Morgan fingerprint density at radius 2 is 1.51 bits per heavy atom. The lowest BCUT2D eigenvalue weighted by molar-refractivity contribution is 0.0730. The molecule has 2 heterocycles. The molecule has 1 aliphatic heterocycles. The van der Waals surface area contributed by atoms with E-state index in [1.165, 1.54) is 16.4 Å². The fourth-order valence-corrected chi connectivity index (χ4v) is 6.60. The fourth-order valence-electron chi connectivity index (χ4n) is 4.09. The number of anilines is 1. The predicted octanol–water partition coefficient (Wildman–Crippen LogP) is 3.35. The number of para-hydroxylation sites is 2. The molecule has 0 atom stereocenters. The molecule has 37 heavy (non-hydrogen) atoms. The van der Waals surface area contributed by atoms with Crippen LogP contribution in [0.3, 0.4) is 0 Å². The second-order valence-electron chi connectivity index (χ2n) is 8.77. The highest BCUT2D eigenvalue weighted by molar-refractivity contribution is 7.92. The molecule has 0 unspecified atom stereocenters. The third-order valence-electron chi connectivity index (χ3n) is 6.08. The van der Waals surface area contributed by atoms with Crippen LogP contribution in [-0.2, 0) is 31.2 Å². The molecule has 5 rings (SSSR count). The molecule has 192 valence electrons. The number of sulfonamides is 2. The summed E-state index contributed by atoms with van der Waals surface area (Å²) >= 11 is 0. The first kappa shape index (κ1) is 25.3. The minimum Gasteiger partial charge on any atom is -0.379 e. The molecule has 0 bridgehead atoms. The second kappa shape index (κ2) is 10.2. The van der Waals surface area contributed by atoms with Crippen LogP contribution in [0.25, 0.3) is 11.0 Å². The van der Waals surface area contributed by atoms with Crippen molar-refractivity contribution in [2.45, 2.75) is 23.1 Å². The summed E-state index contributed by atoms with van der Waals surface area (Å²) in [5.41, 5.74) is 3.13. The molecule has 4 aromatic rings. The maximum atomic E-state index is 13.2. The van der Waals surface area contributed by atoms with Gasteiger partial charge in [0, 0.05) is 19.5 Å². The van der Waals surface area contributed by atoms with Gasteiger partial charge in [-0.25, -0.2) is 26.8 Å². The Balaban J connectivity index is 1.51. The van der Waals surface area contributed by atoms with E-state index in [0.717, 1.165) is 5.56 Å². The number of nitrogens with zero attached hydrogens (tertiary/aromatic N) is 3. The Morgan fingerprint density at radius 1 is 0.838 bits per heavy atom. The Kier molecular flexibility index (Phi) is 6.95. The van der Waals surface area contributed by atoms with Crippen molar-refractivity contribution in [3.05, 3.63) is 89.6 Å². The van der Waals surface area contributed by atoms with Crippen LogP contribution >= 0.6 is 0 Å². The molecular formula is C26H26N4O5S2. The highest BCUT2D eigenvalue weighted by Crippen LogP contribution is 2.25. The Labute approximate surface area is 216 Å². The van der Waals surface area contributed by atoms with Crippen molar-refractivity contribution in [3.8, 4) is 0 Å². The zero-order chi connectivity index (χ0) is 26.0. The van der Waals surface area contributed by atoms with Crippen molar-refractivity contribution in [2.24, 2.45) is 0 Å². The molecule has 0 saturated carbocycles. The fraction of sp³-hybridized carbons (Fsp3) is 0.231. The molecular weight excluding hydrogens is 512 g/mol. The summed E-state index contributed by atoms with van der Waals surface area (Å²) in [6.07, 6.45) is 0.177. The number of benzene rings is 3.